The molecule has 0 saturated heterocycles. The van der Waals surface area contributed by atoms with Crippen LogP contribution >= 0.6 is 0 Å². The lowest BCUT2D eigenvalue weighted by molar-refractivity contribution is -0.140. The Bertz CT molecular complexity index is 1530. The lowest BCUT2D eigenvalue weighted by atomic mass is 9.99. The maximum atomic E-state index is 12.7. The quantitative estimate of drug-likeness (QED) is 0.152. The van der Waals surface area contributed by atoms with Gasteiger partial charge < -0.3 is 14.0 Å². The summed E-state index contributed by atoms with van der Waals surface area (Å²) in [4.78, 5) is 12.7. The van der Waals surface area contributed by atoms with Gasteiger partial charge in [-0.25, -0.2) is 0 Å². The Labute approximate surface area is 277 Å². The molecule has 1 fully saturated rings. The smallest absolute Gasteiger partial charge is 0.310 e. The van der Waals surface area contributed by atoms with Gasteiger partial charge in [0.25, 0.3) is 16.6 Å². The van der Waals surface area contributed by atoms with Crippen molar-refractivity contribution in [2.45, 2.75) is 64.1 Å². The van der Waals surface area contributed by atoms with E-state index in [2.05, 4.69) is 145 Å². The van der Waals surface area contributed by atoms with Crippen LogP contribution < -0.4 is 20.7 Å². The van der Waals surface area contributed by atoms with Crippen molar-refractivity contribution in [3.05, 3.63) is 133 Å². The van der Waals surface area contributed by atoms with E-state index in [0.29, 0.717) is 18.6 Å². The van der Waals surface area contributed by atoms with E-state index < -0.39 is 28.5 Å². The summed E-state index contributed by atoms with van der Waals surface area (Å²) in [6.45, 7) is 18.3. The second kappa shape index (κ2) is 13.3. The van der Waals surface area contributed by atoms with Gasteiger partial charge in [-0.05, 0) is 37.2 Å². The molecule has 6 heteroatoms. The molecular formula is C40H48O4Si2. The highest BCUT2D eigenvalue weighted by Gasteiger charge is 2.56. The summed E-state index contributed by atoms with van der Waals surface area (Å²) in [6, 6.07) is 42.2. The largest absolute Gasteiger partial charge is 0.481 e. The Hall–Kier alpha value is -3.56. The van der Waals surface area contributed by atoms with Gasteiger partial charge in [0, 0.05) is 12.5 Å². The molecule has 3 atom stereocenters. The zero-order chi connectivity index (χ0) is 33.2. The predicted molar refractivity (Wildman–Crippen MR) is 194 cm³/mol. The molecule has 4 aromatic carbocycles. The fourth-order valence-corrected chi connectivity index (χ4v) is 16.9. The second-order valence-corrected chi connectivity index (χ2v) is 23.2. The molecule has 1 aliphatic rings. The van der Waals surface area contributed by atoms with Crippen LogP contribution in [0, 0.1) is 11.8 Å². The third-order valence-corrected chi connectivity index (χ3v) is 19.8. The number of aliphatic carboxylic acids is 1. The summed E-state index contributed by atoms with van der Waals surface area (Å²) in [6.07, 6.45) is -0.00825. The molecular weight excluding hydrogens is 601 g/mol. The van der Waals surface area contributed by atoms with Gasteiger partial charge >= 0.3 is 5.97 Å². The van der Waals surface area contributed by atoms with Gasteiger partial charge in [0.2, 0.25) is 0 Å². The van der Waals surface area contributed by atoms with Gasteiger partial charge in [-0.1, -0.05) is 175 Å². The van der Waals surface area contributed by atoms with Crippen LogP contribution in [0.15, 0.2) is 133 Å². The minimum atomic E-state index is -2.97. The maximum Gasteiger partial charge on any atom is 0.310 e. The highest BCUT2D eigenvalue weighted by atomic mass is 28.4. The topological polar surface area (TPSA) is 55.8 Å². The summed E-state index contributed by atoms with van der Waals surface area (Å²) in [5, 5.41) is 14.7. The number of hydrogen-bond acceptors (Lipinski definition) is 3. The van der Waals surface area contributed by atoms with Crippen LogP contribution in [0.25, 0.3) is 0 Å². The van der Waals surface area contributed by atoms with Crippen molar-refractivity contribution in [1.82, 2.24) is 0 Å². The molecule has 46 heavy (non-hydrogen) atoms. The fourth-order valence-electron chi connectivity index (χ4n) is 7.54. The molecule has 5 rings (SSSR count). The Balaban J connectivity index is 1.63. The van der Waals surface area contributed by atoms with Crippen molar-refractivity contribution >= 4 is 43.4 Å². The molecule has 0 heterocycles. The molecule has 0 unspecified atom stereocenters. The van der Waals surface area contributed by atoms with Crippen molar-refractivity contribution in [3.63, 3.8) is 0 Å². The van der Waals surface area contributed by atoms with Gasteiger partial charge in [-0.15, -0.1) is 0 Å². The van der Waals surface area contributed by atoms with E-state index in [9.17, 15) is 9.90 Å². The van der Waals surface area contributed by atoms with E-state index in [-0.39, 0.29) is 22.1 Å². The van der Waals surface area contributed by atoms with Crippen LogP contribution in [0.5, 0.6) is 0 Å². The lowest BCUT2D eigenvalue weighted by Gasteiger charge is -2.46. The molecule has 0 radical (unpaired) electrons. The standard InChI is InChI=1S/C40H48O4Si2/c1-30-35(38(41)42)28-37(44-46(40(5,6)7,33-24-16-10-17-25-33)34-26-18-11-19-27-34)36(30)29-43-45(39(2,3)4,31-20-12-8-13-21-31)32-22-14-9-15-23-32/h8-27,35-37H,1,28-29H2,2-7H3,(H,41,42)/t35-,36+,37+/m1/s1. The Morgan fingerprint density at radius 1 is 0.674 bits per heavy atom. The SMILES string of the molecule is C=C1[C@H](C(=O)O)C[C@H](O[Si](c2ccccc2)(c2ccccc2)C(C)(C)C)[C@H]1CO[Si](c1ccccc1)(c1ccccc1)C(C)(C)C. The highest BCUT2D eigenvalue weighted by Crippen LogP contribution is 2.45. The minimum Gasteiger partial charge on any atom is -0.481 e. The predicted octanol–water partition coefficient (Wildman–Crippen LogP) is 6.79. The average molecular weight is 649 g/mol. The lowest BCUT2D eigenvalue weighted by Crippen LogP contribution is -2.68. The molecule has 0 aromatic heterocycles. The third-order valence-electron chi connectivity index (χ3n) is 9.78. The summed E-state index contributed by atoms with van der Waals surface area (Å²) in [5.74, 6) is -1.84. The molecule has 240 valence electrons. The number of hydrogen-bond donors (Lipinski definition) is 1. The van der Waals surface area contributed by atoms with E-state index >= 15 is 0 Å². The summed E-state index contributed by atoms with van der Waals surface area (Å²) in [5.41, 5.74) is 0.688. The Kier molecular flexibility index (Phi) is 9.76. The van der Waals surface area contributed by atoms with Crippen LogP contribution in [0.2, 0.25) is 10.1 Å². The van der Waals surface area contributed by atoms with E-state index in [1.54, 1.807) is 0 Å². The van der Waals surface area contributed by atoms with Gasteiger partial charge in [0.15, 0.2) is 0 Å². The third kappa shape index (κ3) is 6.11. The van der Waals surface area contributed by atoms with E-state index in [1.165, 1.54) is 20.7 Å². The maximum absolute atomic E-state index is 12.7. The summed E-state index contributed by atoms with van der Waals surface area (Å²) in [7, 11) is -5.85. The van der Waals surface area contributed by atoms with E-state index in [1.807, 2.05) is 24.3 Å². The van der Waals surface area contributed by atoms with Crippen LogP contribution in [0.3, 0.4) is 0 Å². The van der Waals surface area contributed by atoms with Gasteiger partial charge in [-0.3, -0.25) is 4.79 Å². The van der Waals surface area contributed by atoms with E-state index in [0.717, 1.165) is 0 Å². The van der Waals surface area contributed by atoms with Crippen molar-refractivity contribution < 1.29 is 18.8 Å². The molecule has 4 nitrogen and oxygen atoms in total. The van der Waals surface area contributed by atoms with Gasteiger partial charge in [0.05, 0.1) is 12.0 Å². The average Bonchev–Trinajstić information content (AvgIpc) is 3.35. The normalized spacial score (nSPS) is 19.3. The summed E-state index contributed by atoms with van der Waals surface area (Å²) >= 11 is 0. The molecule has 4 aromatic rings. The van der Waals surface area contributed by atoms with Crippen LogP contribution in [-0.4, -0.2) is 40.4 Å². The molecule has 0 spiro atoms. The minimum absolute atomic E-state index is 0.212. The van der Waals surface area contributed by atoms with Gasteiger partial charge in [0.1, 0.15) is 0 Å². The molecule has 0 aliphatic heterocycles. The first-order chi connectivity index (χ1) is 21.8. The first kappa shape index (κ1) is 33.8. The number of carboxylic acids is 1. The number of carboxylic acid groups (broad SMARTS) is 1. The van der Waals surface area contributed by atoms with Crippen LogP contribution in [-0.2, 0) is 13.6 Å². The first-order valence-electron chi connectivity index (χ1n) is 16.3. The zero-order valence-corrected chi connectivity index (χ0v) is 30.1. The highest BCUT2D eigenvalue weighted by molar-refractivity contribution is 7.00. The van der Waals surface area contributed by atoms with Crippen LogP contribution in [0.4, 0.5) is 0 Å². The Morgan fingerprint density at radius 2 is 1.02 bits per heavy atom. The number of carbonyl (C=O) groups is 1. The van der Waals surface area contributed by atoms with Crippen LogP contribution in [0.1, 0.15) is 48.0 Å². The molecule has 0 amide bonds. The van der Waals surface area contributed by atoms with Crippen molar-refractivity contribution in [2.24, 2.45) is 11.8 Å². The fraction of sp³-hybridized carbons (Fsp3) is 0.325. The first-order valence-corrected chi connectivity index (χ1v) is 20.1. The molecule has 1 aliphatic carbocycles. The number of benzene rings is 4. The van der Waals surface area contributed by atoms with Crippen molar-refractivity contribution in [2.75, 3.05) is 6.61 Å². The van der Waals surface area contributed by atoms with Crippen molar-refractivity contribution in [3.8, 4) is 0 Å². The van der Waals surface area contributed by atoms with Gasteiger partial charge in [-0.2, -0.15) is 0 Å². The molecule has 1 N–H and O–H groups in total. The molecule has 0 bridgehead atoms. The second-order valence-electron chi connectivity index (χ2n) is 14.6. The monoisotopic (exact) mass is 648 g/mol. The Morgan fingerprint density at radius 3 is 1.35 bits per heavy atom. The van der Waals surface area contributed by atoms with E-state index in [4.69, 9.17) is 8.85 Å². The van der Waals surface area contributed by atoms with Crippen molar-refractivity contribution in [1.29, 1.82) is 0 Å². The zero-order valence-electron chi connectivity index (χ0n) is 28.1. The summed E-state index contributed by atoms with van der Waals surface area (Å²) < 4.78 is 15.0. The number of rotatable bonds is 10. The molecule has 1 saturated carbocycles.